The van der Waals surface area contributed by atoms with Crippen molar-refractivity contribution < 1.29 is 0 Å². The lowest BCUT2D eigenvalue weighted by Crippen LogP contribution is -2.18. The second-order valence-electron chi connectivity index (χ2n) is 4.73. The van der Waals surface area contributed by atoms with E-state index in [1.54, 1.807) is 0 Å². The van der Waals surface area contributed by atoms with Crippen LogP contribution in [0.3, 0.4) is 0 Å². The van der Waals surface area contributed by atoms with E-state index >= 15 is 0 Å². The van der Waals surface area contributed by atoms with Gasteiger partial charge in [-0.15, -0.1) is 0 Å². The zero-order valence-electron chi connectivity index (χ0n) is 11.2. The molecule has 3 rings (SSSR count). The lowest BCUT2D eigenvalue weighted by atomic mass is 9.99. The third kappa shape index (κ3) is 2.60. The summed E-state index contributed by atoms with van der Waals surface area (Å²) in [5.74, 6) is 0. The molecule has 1 aromatic heterocycles. The highest BCUT2D eigenvalue weighted by molar-refractivity contribution is 9.10. The Morgan fingerprint density at radius 1 is 1.00 bits per heavy atom. The fourth-order valence-electron chi connectivity index (χ4n) is 2.43. The van der Waals surface area contributed by atoms with Crippen LogP contribution in [0.4, 0.5) is 0 Å². The number of pyridine rings is 1. The van der Waals surface area contributed by atoms with E-state index in [2.05, 4.69) is 68.7 Å². The smallest absolute Gasteiger partial charge is 0.0749 e. The van der Waals surface area contributed by atoms with Crippen LogP contribution < -0.4 is 5.32 Å². The molecule has 2 nitrogen and oxygen atoms in total. The number of benzene rings is 2. The predicted octanol–water partition coefficient (Wildman–Crippen LogP) is 4.31. The van der Waals surface area contributed by atoms with Gasteiger partial charge in [0.25, 0.3) is 0 Å². The summed E-state index contributed by atoms with van der Waals surface area (Å²) >= 11 is 3.42. The van der Waals surface area contributed by atoms with Crippen molar-refractivity contribution in [3.63, 3.8) is 0 Å². The van der Waals surface area contributed by atoms with Gasteiger partial charge in [0.2, 0.25) is 0 Å². The first-order chi connectivity index (χ1) is 9.78. The number of hydrogen-bond acceptors (Lipinski definition) is 2. The van der Waals surface area contributed by atoms with Gasteiger partial charge in [0, 0.05) is 10.7 Å². The van der Waals surface area contributed by atoms with E-state index in [1.807, 2.05) is 25.4 Å². The average molecular weight is 327 g/mol. The van der Waals surface area contributed by atoms with Crippen molar-refractivity contribution in [1.82, 2.24) is 10.3 Å². The van der Waals surface area contributed by atoms with Gasteiger partial charge in [0.15, 0.2) is 0 Å². The van der Waals surface area contributed by atoms with Crippen LogP contribution in [0, 0.1) is 0 Å². The van der Waals surface area contributed by atoms with Gasteiger partial charge in [-0.3, -0.25) is 4.98 Å². The van der Waals surface area contributed by atoms with Crippen molar-refractivity contribution in [3.05, 3.63) is 76.5 Å². The maximum atomic E-state index is 4.50. The summed E-state index contributed by atoms with van der Waals surface area (Å²) < 4.78 is 0.995. The lowest BCUT2D eigenvalue weighted by Gasteiger charge is -2.17. The standard InChI is InChI=1S/C17H15BrN2/c1-19-17(16-9-8-15(18)11-20-16)14-7-6-12-4-2-3-5-13(12)10-14/h2-11,17,19H,1H3. The number of nitrogens with one attached hydrogen (secondary N) is 1. The minimum Gasteiger partial charge on any atom is -0.308 e. The van der Waals surface area contributed by atoms with Crippen LogP contribution in [0.15, 0.2) is 65.3 Å². The summed E-state index contributed by atoms with van der Waals surface area (Å²) in [6, 6.07) is 19.1. The summed E-state index contributed by atoms with van der Waals surface area (Å²) in [4.78, 5) is 4.50. The molecule has 0 saturated heterocycles. The molecule has 0 aliphatic rings. The van der Waals surface area contributed by atoms with Crippen LogP contribution in [-0.4, -0.2) is 12.0 Å². The molecule has 100 valence electrons. The van der Waals surface area contributed by atoms with Crippen LogP contribution >= 0.6 is 15.9 Å². The fourth-order valence-corrected chi connectivity index (χ4v) is 2.67. The van der Waals surface area contributed by atoms with Crippen LogP contribution in [-0.2, 0) is 0 Å². The van der Waals surface area contributed by atoms with Crippen LogP contribution in [0.1, 0.15) is 17.3 Å². The highest BCUT2D eigenvalue weighted by atomic mass is 79.9. The summed E-state index contributed by atoms with van der Waals surface area (Å²) in [5, 5.41) is 5.85. The lowest BCUT2D eigenvalue weighted by molar-refractivity contribution is 0.671. The Labute approximate surface area is 127 Å². The Morgan fingerprint density at radius 3 is 2.50 bits per heavy atom. The van der Waals surface area contributed by atoms with Gasteiger partial charge in [-0.2, -0.15) is 0 Å². The molecule has 2 aromatic carbocycles. The molecule has 1 N–H and O–H groups in total. The van der Waals surface area contributed by atoms with Gasteiger partial charge in [-0.05, 0) is 57.5 Å². The Balaban J connectivity index is 2.04. The van der Waals surface area contributed by atoms with Crippen molar-refractivity contribution in [1.29, 1.82) is 0 Å². The van der Waals surface area contributed by atoms with E-state index in [-0.39, 0.29) is 6.04 Å². The number of nitrogens with zero attached hydrogens (tertiary/aromatic N) is 1. The zero-order chi connectivity index (χ0) is 13.9. The summed E-state index contributed by atoms with van der Waals surface area (Å²) in [5.41, 5.74) is 2.24. The summed E-state index contributed by atoms with van der Waals surface area (Å²) in [6.07, 6.45) is 1.83. The molecule has 0 radical (unpaired) electrons. The number of aromatic nitrogens is 1. The largest absolute Gasteiger partial charge is 0.308 e. The Hall–Kier alpha value is -1.71. The molecule has 0 aliphatic heterocycles. The normalized spacial score (nSPS) is 12.5. The number of hydrogen-bond donors (Lipinski definition) is 1. The molecule has 1 unspecified atom stereocenters. The quantitative estimate of drug-likeness (QED) is 0.775. The molecule has 20 heavy (non-hydrogen) atoms. The summed E-state index contributed by atoms with van der Waals surface area (Å²) in [6.45, 7) is 0. The van der Waals surface area contributed by atoms with E-state index in [1.165, 1.54) is 16.3 Å². The molecule has 0 saturated carbocycles. The fraction of sp³-hybridized carbons (Fsp3) is 0.118. The van der Waals surface area contributed by atoms with Gasteiger partial charge >= 0.3 is 0 Å². The zero-order valence-corrected chi connectivity index (χ0v) is 12.8. The van der Waals surface area contributed by atoms with Crippen LogP contribution in [0.2, 0.25) is 0 Å². The third-order valence-corrected chi connectivity index (χ3v) is 3.91. The molecule has 3 aromatic rings. The maximum Gasteiger partial charge on any atom is 0.0749 e. The topological polar surface area (TPSA) is 24.9 Å². The van der Waals surface area contributed by atoms with E-state index in [4.69, 9.17) is 0 Å². The Kier molecular flexibility index (Phi) is 3.81. The second-order valence-corrected chi connectivity index (χ2v) is 5.65. The molecule has 0 amide bonds. The predicted molar refractivity (Wildman–Crippen MR) is 86.8 cm³/mol. The first-order valence-electron chi connectivity index (χ1n) is 6.55. The van der Waals surface area contributed by atoms with Crippen molar-refractivity contribution in [2.24, 2.45) is 0 Å². The molecule has 0 bridgehead atoms. The van der Waals surface area contributed by atoms with E-state index in [0.29, 0.717) is 0 Å². The van der Waals surface area contributed by atoms with Crippen LogP contribution in [0.25, 0.3) is 10.8 Å². The van der Waals surface area contributed by atoms with E-state index < -0.39 is 0 Å². The van der Waals surface area contributed by atoms with Crippen molar-refractivity contribution >= 4 is 26.7 Å². The van der Waals surface area contributed by atoms with Crippen molar-refractivity contribution in [2.75, 3.05) is 7.05 Å². The van der Waals surface area contributed by atoms with Crippen molar-refractivity contribution in [3.8, 4) is 0 Å². The van der Waals surface area contributed by atoms with Gasteiger partial charge < -0.3 is 5.32 Å². The van der Waals surface area contributed by atoms with Gasteiger partial charge in [-0.25, -0.2) is 0 Å². The highest BCUT2D eigenvalue weighted by Crippen LogP contribution is 2.24. The second kappa shape index (κ2) is 5.73. The average Bonchev–Trinajstić information content (AvgIpc) is 2.50. The first kappa shape index (κ1) is 13.3. The Bertz CT molecular complexity index is 722. The number of fused-ring (bicyclic) bond motifs is 1. The van der Waals surface area contributed by atoms with Crippen LogP contribution in [0.5, 0.6) is 0 Å². The molecule has 0 fully saturated rings. The molecule has 3 heteroatoms. The molecule has 1 heterocycles. The molecule has 0 spiro atoms. The maximum absolute atomic E-state index is 4.50. The minimum atomic E-state index is 0.104. The molecule has 0 aliphatic carbocycles. The highest BCUT2D eigenvalue weighted by Gasteiger charge is 2.13. The van der Waals surface area contributed by atoms with Gasteiger partial charge in [-0.1, -0.05) is 36.4 Å². The molecule has 1 atom stereocenters. The van der Waals surface area contributed by atoms with Gasteiger partial charge in [0.05, 0.1) is 11.7 Å². The third-order valence-electron chi connectivity index (χ3n) is 3.44. The van der Waals surface area contributed by atoms with Gasteiger partial charge in [0.1, 0.15) is 0 Å². The SMILES string of the molecule is CNC(c1ccc2ccccc2c1)c1ccc(Br)cn1. The number of rotatable bonds is 3. The summed E-state index contributed by atoms with van der Waals surface area (Å²) in [7, 11) is 1.96. The monoisotopic (exact) mass is 326 g/mol. The molecular formula is C17H15BrN2. The van der Waals surface area contributed by atoms with Crippen molar-refractivity contribution in [2.45, 2.75) is 6.04 Å². The van der Waals surface area contributed by atoms with E-state index in [9.17, 15) is 0 Å². The van der Waals surface area contributed by atoms with E-state index in [0.717, 1.165) is 10.2 Å². The first-order valence-corrected chi connectivity index (χ1v) is 7.34. The molecular weight excluding hydrogens is 312 g/mol. The Morgan fingerprint density at radius 2 is 1.80 bits per heavy atom. The minimum absolute atomic E-state index is 0.104. The number of halogens is 1.